The lowest BCUT2D eigenvalue weighted by atomic mass is 10.1. The number of benzene rings is 1. The lowest BCUT2D eigenvalue weighted by Gasteiger charge is -2.12. The van der Waals surface area contributed by atoms with E-state index in [0.29, 0.717) is 23.6 Å². The van der Waals surface area contributed by atoms with Crippen LogP contribution in [0, 0.1) is 0 Å². The van der Waals surface area contributed by atoms with Crippen LogP contribution < -0.4 is 10.1 Å². The molecule has 0 aliphatic heterocycles. The van der Waals surface area contributed by atoms with Crippen LogP contribution in [0.4, 0.5) is 5.82 Å². The average molecular weight is 373 g/mol. The third-order valence-corrected chi connectivity index (χ3v) is 3.65. The Balaban J connectivity index is 1.75. The second-order valence-electron chi connectivity index (χ2n) is 6.05. The predicted octanol–water partition coefficient (Wildman–Crippen LogP) is 2.62. The number of amides is 1. The predicted molar refractivity (Wildman–Crippen MR) is 98.8 cm³/mol. The number of aromatic nitrogens is 2. The van der Waals surface area contributed by atoms with E-state index in [1.165, 1.54) is 0 Å². The quantitative estimate of drug-likeness (QED) is 0.536. The van der Waals surface area contributed by atoms with Crippen molar-refractivity contribution in [3.05, 3.63) is 42.1 Å². The van der Waals surface area contributed by atoms with E-state index in [2.05, 4.69) is 10.4 Å². The maximum absolute atomic E-state index is 11.9. The van der Waals surface area contributed by atoms with Crippen LogP contribution in [0.25, 0.3) is 0 Å². The highest BCUT2D eigenvalue weighted by Crippen LogP contribution is 2.14. The van der Waals surface area contributed by atoms with Gasteiger partial charge in [0.15, 0.2) is 19.0 Å². The zero-order valence-electron chi connectivity index (χ0n) is 15.6. The first-order valence-corrected chi connectivity index (χ1v) is 8.65. The molecule has 8 nitrogen and oxygen atoms in total. The lowest BCUT2D eigenvalue weighted by Crippen LogP contribution is -2.25. The number of carbonyl (C=O) groups is 3. The van der Waals surface area contributed by atoms with Crippen LogP contribution in [0.3, 0.4) is 0 Å². The highest BCUT2D eigenvalue weighted by Gasteiger charge is 2.12. The summed E-state index contributed by atoms with van der Waals surface area (Å²) in [4.78, 5) is 35.2. The third-order valence-electron chi connectivity index (χ3n) is 3.65. The van der Waals surface area contributed by atoms with Crippen molar-refractivity contribution in [1.29, 1.82) is 0 Å². The van der Waals surface area contributed by atoms with E-state index in [-0.39, 0.29) is 18.4 Å². The highest BCUT2D eigenvalue weighted by molar-refractivity contribution is 5.96. The number of Topliss-reactive ketones (excluding diaryl/α,β-unsaturated/α-hetero) is 1. The van der Waals surface area contributed by atoms with Gasteiger partial charge in [0.1, 0.15) is 11.6 Å². The second kappa shape index (κ2) is 9.51. The Morgan fingerprint density at radius 3 is 2.44 bits per heavy atom. The molecule has 1 amide bonds. The smallest absolute Gasteiger partial charge is 0.344 e. The van der Waals surface area contributed by atoms with Crippen molar-refractivity contribution in [1.82, 2.24) is 9.78 Å². The number of nitrogens with zero attached hydrogens (tertiary/aromatic N) is 2. The molecule has 2 rings (SSSR count). The van der Waals surface area contributed by atoms with Gasteiger partial charge in [-0.05, 0) is 38.1 Å². The summed E-state index contributed by atoms with van der Waals surface area (Å²) in [6.07, 6.45) is 2.00. The number of hydrogen-bond acceptors (Lipinski definition) is 6. The minimum atomic E-state index is -0.670. The maximum Gasteiger partial charge on any atom is 0.344 e. The number of nitrogens with one attached hydrogen (secondary N) is 1. The average Bonchev–Trinajstić information content (AvgIpc) is 3.12. The van der Waals surface area contributed by atoms with Crippen molar-refractivity contribution in [3.63, 3.8) is 0 Å². The summed E-state index contributed by atoms with van der Waals surface area (Å²) in [7, 11) is 0. The molecule has 0 unspecified atom stereocenters. The molecule has 0 saturated heterocycles. The molecule has 0 atom stereocenters. The molecular weight excluding hydrogens is 350 g/mol. The largest absolute Gasteiger partial charge is 0.482 e. The Labute approximate surface area is 157 Å². The van der Waals surface area contributed by atoms with E-state index in [1.54, 1.807) is 48.1 Å². The van der Waals surface area contributed by atoms with E-state index >= 15 is 0 Å². The number of anilines is 1. The Morgan fingerprint density at radius 1 is 1.11 bits per heavy atom. The standard InChI is InChI=1S/C19H23N3O5/c1-4-16(23)14-5-7-15(8-6-14)26-12-19(25)27-11-18(24)21-17-9-10-20-22(17)13(2)3/h5-10,13H,4,11-12H2,1-3H3,(H,21,24). The Kier molecular flexibility index (Phi) is 7.10. The molecule has 1 aromatic carbocycles. The van der Waals surface area contributed by atoms with E-state index in [9.17, 15) is 14.4 Å². The molecule has 1 aromatic heterocycles. The van der Waals surface area contributed by atoms with Crippen molar-refractivity contribution >= 4 is 23.5 Å². The summed E-state index contributed by atoms with van der Waals surface area (Å²) >= 11 is 0. The van der Waals surface area contributed by atoms with Crippen molar-refractivity contribution in [2.45, 2.75) is 33.2 Å². The maximum atomic E-state index is 11.9. The van der Waals surface area contributed by atoms with E-state index in [0.717, 1.165) is 0 Å². The molecule has 27 heavy (non-hydrogen) atoms. The number of esters is 1. The molecule has 0 fully saturated rings. The zero-order valence-corrected chi connectivity index (χ0v) is 15.6. The summed E-state index contributed by atoms with van der Waals surface area (Å²) < 4.78 is 11.8. The lowest BCUT2D eigenvalue weighted by molar-refractivity contribution is -0.149. The monoisotopic (exact) mass is 373 g/mol. The first-order chi connectivity index (χ1) is 12.9. The molecule has 144 valence electrons. The first-order valence-electron chi connectivity index (χ1n) is 8.65. The number of ketones is 1. The van der Waals surface area contributed by atoms with Gasteiger partial charge in [-0.15, -0.1) is 0 Å². The minimum absolute atomic E-state index is 0.0331. The summed E-state index contributed by atoms with van der Waals surface area (Å²) in [5.74, 6) is -0.135. The minimum Gasteiger partial charge on any atom is -0.482 e. The van der Waals surface area contributed by atoms with Gasteiger partial charge in [-0.2, -0.15) is 5.10 Å². The van der Waals surface area contributed by atoms with Crippen LogP contribution >= 0.6 is 0 Å². The number of rotatable bonds is 9. The van der Waals surface area contributed by atoms with E-state index in [1.807, 2.05) is 13.8 Å². The highest BCUT2D eigenvalue weighted by atomic mass is 16.6. The molecule has 0 spiro atoms. The van der Waals surface area contributed by atoms with Crippen LogP contribution in [-0.2, 0) is 14.3 Å². The molecular formula is C19H23N3O5. The Bertz CT molecular complexity index is 796. The topological polar surface area (TPSA) is 99.5 Å². The van der Waals surface area contributed by atoms with Gasteiger partial charge in [-0.1, -0.05) is 6.92 Å². The van der Waals surface area contributed by atoms with E-state index in [4.69, 9.17) is 9.47 Å². The first kappa shape index (κ1) is 20.2. The fourth-order valence-electron chi connectivity index (χ4n) is 2.27. The Hall–Kier alpha value is -3.16. The van der Waals surface area contributed by atoms with E-state index < -0.39 is 18.5 Å². The third kappa shape index (κ3) is 5.95. The van der Waals surface area contributed by atoms with Crippen molar-refractivity contribution in [2.24, 2.45) is 0 Å². The fraction of sp³-hybridized carbons (Fsp3) is 0.368. The van der Waals surface area contributed by atoms with Gasteiger partial charge < -0.3 is 14.8 Å². The van der Waals surface area contributed by atoms with Crippen molar-refractivity contribution < 1.29 is 23.9 Å². The van der Waals surface area contributed by atoms with Crippen molar-refractivity contribution in [3.8, 4) is 5.75 Å². The molecule has 1 N–H and O–H groups in total. The molecule has 0 saturated carbocycles. The molecule has 0 radical (unpaired) electrons. The summed E-state index contributed by atoms with van der Waals surface area (Å²) in [5, 5.41) is 6.74. The van der Waals surface area contributed by atoms with Crippen molar-refractivity contribution in [2.75, 3.05) is 18.5 Å². The number of carbonyl (C=O) groups excluding carboxylic acids is 3. The zero-order chi connectivity index (χ0) is 19.8. The second-order valence-corrected chi connectivity index (χ2v) is 6.05. The van der Waals surface area contributed by atoms with Crippen LogP contribution in [-0.4, -0.2) is 40.7 Å². The fourth-order valence-corrected chi connectivity index (χ4v) is 2.27. The summed E-state index contributed by atoms with van der Waals surface area (Å²) in [6, 6.07) is 8.24. The normalized spacial score (nSPS) is 10.5. The Morgan fingerprint density at radius 2 is 1.81 bits per heavy atom. The molecule has 0 bridgehead atoms. The van der Waals surface area contributed by atoms with Gasteiger partial charge >= 0.3 is 5.97 Å². The van der Waals surface area contributed by atoms with Gasteiger partial charge in [0.2, 0.25) is 0 Å². The van der Waals surface area contributed by atoms with Crippen LogP contribution in [0.2, 0.25) is 0 Å². The van der Waals surface area contributed by atoms with Gasteiger partial charge in [0.05, 0.1) is 6.20 Å². The number of ether oxygens (including phenoxy) is 2. The van der Waals surface area contributed by atoms with Gasteiger partial charge in [0, 0.05) is 24.1 Å². The molecule has 2 aromatic rings. The van der Waals surface area contributed by atoms with Crippen LogP contribution in [0.5, 0.6) is 5.75 Å². The van der Waals surface area contributed by atoms with Crippen LogP contribution in [0.15, 0.2) is 36.5 Å². The molecule has 0 aliphatic carbocycles. The molecule has 1 heterocycles. The summed E-state index contributed by atoms with van der Waals surface area (Å²) in [5.41, 5.74) is 0.588. The van der Waals surface area contributed by atoms with Gasteiger partial charge in [-0.25, -0.2) is 9.48 Å². The number of hydrogen-bond donors (Lipinski definition) is 1. The SMILES string of the molecule is CCC(=O)c1ccc(OCC(=O)OCC(=O)Nc2ccnn2C(C)C)cc1. The van der Waals surface area contributed by atoms with Crippen LogP contribution in [0.1, 0.15) is 43.6 Å². The molecule has 8 heteroatoms. The molecule has 0 aliphatic rings. The summed E-state index contributed by atoms with van der Waals surface area (Å²) in [6.45, 7) is 4.90. The van der Waals surface area contributed by atoms with Gasteiger partial charge in [-0.3, -0.25) is 9.59 Å². The van der Waals surface area contributed by atoms with Gasteiger partial charge in [0.25, 0.3) is 5.91 Å².